The number of rotatable bonds is 4. The maximum atomic E-state index is 12.6. The smallest absolute Gasteiger partial charge is 0.475 e. The predicted molar refractivity (Wildman–Crippen MR) is 117 cm³/mol. The Bertz CT molecular complexity index is 944. The molecule has 2 aromatic rings. The highest BCUT2D eigenvalue weighted by molar-refractivity contribution is 5.90. The van der Waals surface area contributed by atoms with E-state index in [4.69, 9.17) is 14.6 Å². The molecule has 2 aliphatic heterocycles. The van der Waals surface area contributed by atoms with Crippen LogP contribution in [0.5, 0.6) is 0 Å². The average molecular weight is 464 g/mol. The average Bonchev–Trinajstić information content (AvgIpc) is 3.24. The molecule has 1 saturated heterocycles. The number of carbonyl (C=O) groups excluding carboxylic acids is 1. The maximum absolute atomic E-state index is 12.6. The van der Waals surface area contributed by atoms with E-state index in [9.17, 15) is 18.0 Å². The third-order valence-electron chi connectivity index (χ3n) is 5.76. The number of amides is 1. The number of ether oxygens (including phenoxy) is 1. The Hall–Kier alpha value is -3.07. The number of alkyl halides is 3. The molecule has 0 aromatic heterocycles. The van der Waals surface area contributed by atoms with E-state index in [1.54, 1.807) is 4.90 Å². The summed E-state index contributed by atoms with van der Waals surface area (Å²) in [5.41, 5.74) is 4.80. The van der Waals surface area contributed by atoms with Crippen LogP contribution in [0.25, 0.3) is 0 Å². The molecule has 178 valence electrons. The van der Waals surface area contributed by atoms with Gasteiger partial charge in [0.05, 0.1) is 5.69 Å². The second-order valence-corrected chi connectivity index (χ2v) is 8.06. The molecule has 2 aliphatic rings. The lowest BCUT2D eigenvalue weighted by Gasteiger charge is -2.23. The zero-order valence-electron chi connectivity index (χ0n) is 18.1. The Morgan fingerprint density at radius 3 is 2.36 bits per heavy atom. The molecule has 4 rings (SSSR count). The van der Waals surface area contributed by atoms with E-state index >= 15 is 0 Å². The second-order valence-electron chi connectivity index (χ2n) is 8.06. The van der Waals surface area contributed by atoms with Crippen molar-refractivity contribution in [3.63, 3.8) is 0 Å². The summed E-state index contributed by atoms with van der Waals surface area (Å²) < 4.78 is 37.3. The van der Waals surface area contributed by atoms with Gasteiger partial charge in [-0.05, 0) is 67.4 Å². The van der Waals surface area contributed by atoms with Crippen molar-refractivity contribution in [2.45, 2.75) is 38.5 Å². The molecule has 0 saturated carbocycles. The number of hydrogen-bond donors (Lipinski definition) is 2. The van der Waals surface area contributed by atoms with Crippen LogP contribution in [0.3, 0.4) is 0 Å². The SMILES string of the molecule is O=C(O)C(F)(F)F.O=C(OCc1ccccc1)N1CCc2c(CC3CCNCC3)cccc21. The minimum Gasteiger partial charge on any atom is -0.475 e. The third-order valence-corrected chi connectivity index (χ3v) is 5.76. The first-order valence-corrected chi connectivity index (χ1v) is 10.9. The van der Waals surface area contributed by atoms with Crippen molar-refractivity contribution in [3.8, 4) is 0 Å². The van der Waals surface area contributed by atoms with E-state index in [-0.39, 0.29) is 6.09 Å². The first-order valence-electron chi connectivity index (χ1n) is 10.9. The fourth-order valence-corrected chi connectivity index (χ4v) is 4.08. The summed E-state index contributed by atoms with van der Waals surface area (Å²) in [5, 5.41) is 10.6. The number of carboxylic acid groups (broad SMARTS) is 1. The fourth-order valence-electron chi connectivity index (χ4n) is 4.08. The van der Waals surface area contributed by atoms with Gasteiger partial charge >= 0.3 is 18.2 Å². The zero-order valence-corrected chi connectivity index (χ0v) is 18.1. The van der Waals surface area contributed by atoms with Crippen molar-refractivity contribution < 1.29 is 32.6 Å². The van der Waals surface area contributed by atoms with E-state index in [0.717, 1.165) is 43.1 Å². The summed E-state index contributed by atoms with van der Waals surface area (Å²) in [7, 11) is 0. The molecule has 0 bridgehead atoms. The maximum Gasteiger partial charge on any atom is 0.490 e. The number of nitrogens with zero attached hydrogens (tertiary/aromatic N) is 1. The monoisotopic (exact) mass is 464 g/mol. The number of fused-ring (bicyclic) bond motifs is 1. The van der Waals surface area contributed by atoms with Crippen molar-refractivity contribution in [2.24, 2.45) is 5.92 Å². The molecule has 1 amide bonds. The van der Waals surface area contributed by atoms with E-state index in [2.05, 4.69) is 23.5 Å². The van der Waals surface area contributed by atoms with Crippen LogP contribution in [0.4, 0.5) is 23.7 Å². The van der Waals surface area contributed by atoms with Gasteiger partial charge in [0, 0.05) is 6.54 Å². The lowest BCUT2D eigenvalue weighted by Crippen LogP contribution is -2.29. The van der Waals surface area contributed by atoms with Crippen LogP contribution in [-0.2, 0) is 29.0 Å². The zero-order chi connectivity index (χ0) is 23.8. The molecule has 2 aromatic carbocycles. The molecule has 2 N–H and O–H groups in total. The van der Waals surface area contributed by atoms with Crippen LogP contribution < -0.4 is 10.2 Å². The van der Waals surface area contributed by atoms with Crippen LogP contribution in [0.15, 0.2) is 48.5 Å². The second kappa shape index (κ2) is 11.2. The number of nitrogens with one attached hydrogen (secondary N) is 1. The number of aliphatic carboxylic acids is 1. The molecule has 1 fully saturated rings. The predicted octanol–water partition coefficient (Wildman–Crippen LogP) is 4.56. The van der Waals surface area contributed by atoms with Gasteiger partial charge in [-0.1, -0.05) is 42.5 Å². The summed E-state index contributed by atoms with van der Waals surface area (Å²) in [6.45, 7) is 3.28. The third kappa shape index (κ3) is 6.95. The van der Waals surface area contributed by atoms with Gasteiger partial charge in [-0.3, -0.25) is 4.90 Å². The van der Waals surface area contributed by atoms with Crippen molar-refractivity contribution >= 4 is 17.7 Å². The van der Waals surface area contributed by atoms with Gasteiger partial charge in [-0.2, -0.15) is 13.2 Å². The first kappa shape index (κ1) is 24.6. The molecule has 0 radical (unpaired) electrons. The van der Waals surface area contributed by atoms with Crippen molar-refractivity contribution in [1.82, 2.24) is 5.32 Å². The van der Waals surface area contributed by atoms with E-state index in [1.165, 1.54) is 24.0 Å². The van der Waals surface area contributed by atoms with Crippen LogP contribution >= 0.6 is 0 Å². The molecule has 6 nitrogen and oxygen atoms in total. The lowest BCUT2D eigenvalue weighted by molar-refractivity contribution is -0.192. The molecule has 9 heteroatoms. The molecule has 0 aliphatic carbocycles. The molecule has 0 spiro atoms. The summed E-state index contributed by atoms with van der Waals surface area (Å²) in [6.07, 6.45) is -0.792. The van der Waals surface area contributed by atoms with Crippen molar-refractivity contribution in [1.29, 1.82) is 0 Å². The summed E-state index contributed by atoms with van der Waals surface area (Å²) in [6, 6.07) is 16.2. The number of anilines is 1. The Labute approximate surface area is 190 Å². The molecule has 2 heterocycles. The molecule has 0 unspecified atom stereocenters. The van der Waals surface area contributed by atoms with Gasteiger partial charge in [0.25, 0.3) is 0 Å². The highest BCUT2D eigenvalue weighted by atomic mass is 19.4. The summed E-state index contributed by atoms with van der Waals surface area (Å²) >= 11 is 0. The topological polar surface area (TPSA) is 78.9 Å². The normalized spacial score (nSPS) is 15.9. The van der Waals surface area contributed by atoms with Crippen molar-refractivity contribution in [2.75, 3.05) is 24.5 Å². The molecule has 33 heavy (non-hydrogen) atoms. The van der Waals surface area contributed by atoms with Crippen LogP contribution in [-0.4, -0.2) is 43.0 Å². The standard InChI is InChI=1S/C22H26N2O2.C2HF3O2/c25-22(26-16-18-5-2-1-3-6-18)24-14-11-20-19(7-4-8-21(20)24)15-17-9-12-23-13-10-17;3-2(4,5)1(6)7/h1-8,17,23H,9-16H2;(H,6,7). The largest absolute Gasteiger partial charge is 0.490 e. The van der Waals surface area contributed by atoms with Gasteiger partial charge in [-0.15, -0.1) is 0 Å². The lowest BCUT2D eigenvalue weighted by atomic mass is 9.88. The Balaban J connectivity index is 0.000000383. The number of hydrogen-bond acceptors (Lipinski definition) is 4. The number of carbonyl (C=O) groups is 2. The molecular formula is C24H27F3N2O4. The Morgan fingerprint density at radius 1 is 1.06 bits per heavy atom. The van der Waals surface area contributed by atoms with Gasteiger partial charge in [-0.25, -0.2) is 9.59 Å². The summed E-state index contributed by atoms with van der Waals surface area (Å²) in [5.74, 6) is -2.01. The van der Waals surface area contributed by atoms with Crippen LogP contribution in [0, 0.1) is 5.92 Å². The minimum atomic E-state index is -5.08. The summed E-state index contributed by atoms with van der Waals surface area (Å²) in [4.78, 5) is 23.3. The highest BCUT2D eigenvalue weighted by Gasteiger charge is 2.38. The number of carboxylic acids is 1. The molecule has 0 atom stereocenters. The van der Waals surface area contributed by atoms with Crippen LogP contribution in [0.2, 0.25) is 0 Å². The fraction of sp³-hybridized carbons (Fsp3) is 0.417. The van der Waals surface area contributed by atoms with E-state index in [1.807, 2.05) is 30.3 Å². The Morgan fingerprint density at radius 2 is 1.73 bits per heavy atom. The molecular weight excluding hydrogens is 437 g/mol. The van der Waals surface area contributed by atoms with E-state index < -0.39 is 12.1 Å². The number of benzene rings is 2. The van der Waals surface area contributed by atoms with Gasteiger partial charge in [0.1, 0.15) is 6.61 Å². The number of piperidine rings is 1. The Kier molecular flexibility index (Phi) is 8.32. The van der Waals surface area contributed by atoms with Crippen LogP contribution in [0.1, 0.15) is 29.5 Å². The van der Waals surface area contributed by atoms with Gasteiger partial charge in [0.15, 0.2) is 0 Å². The highest BCUT2D eigenvalue weighted by Crippen LogP contribution is 2.33. The minimum absolute atomic E-state index is 0.244. The number of halogens is 3. The quantitative estimate of drug-likeness (QED) is 0.694. The van der Waals surface area contributed by atoms with E-state index in [0.29, 0.717) is 13.2 Å². The van der Waals surface area contributed by atoms with Crippen molar-refractivity contribution in [3.05, 3.63) is 65.2 Å². The van der Waals surface area contributed by atoms with Gasteiger partial charge < -0.3 is 15.2 Å². The van der Waals surface area contributed by atoms with Gasteiger partial charge in [0.2, 0.25) is 0 Å². The first-order chi connectivity index (χ1) is 15.8.